The lowest BCUT2D eigenvalue weighted by Crippen LogP contribution is -3.12. The molecule has 6 nitrogen and oxygen atoms in total. The van der Waals surface area contributed by atoms with E-state index < -0.39 is 5.97 Å². The molecule has 6 heteroatoms. The van der Waals surface area contributed by atoms with Crippen LogP contribution in [0.3, 0.4) is 0 Å². The minimum absolute atomic E-state index is 0.273. The molecule has 0 bridgehead atoms. The fourth-order valence-electron chi connectivity index (χ4n) is 3.57. The minimum Gasteiger partial charge on any atom is -0.452 e. The van der Waals surface area contributed by atoms with Crippen molar-refractivity contribution >= 4 is 11.9 Å². The third kappa shape index (κ3) is 7.49. The Balaban J connectivity index is 1.36. The molecule has 0 aliphatic carbocycles. The monoisotopic (exact) mass is 425 g/mol. The zero-order chi connectivity index (χ0) is 22.1. The highest BCUT2D eigenvalue weighted by atomic mass is 16.5. The molecule has 1 aliphatic heterocycles. The van der Waals surface area contributed by atoms with Gasteiger partial charge in [-0.25, -0.2) is 4.79 Å². The van der Waals surface area contributed by atoms with Crippen molar-refractivity contribution < 1.29 is 24.0 Å². The van der Waals surface area contributed by atoms with Crippen molar-refractivity contribution in [3.8, 4) is 0 Å². The molecule has 31 heavy (non-hydrogen) atoms. The normalized spacial score (nSPS) is 14.4. The summed E-state index contributed by atoms with van der Waals surface area (Å²) < 4.78 is 10.5. The number of benzene rings is 2. The van der Waals surface area contributed by atoms with Crippen LogP contribution < -0.4 is 10.2 Å². The first-order valence-corrected chi connectivity index (χ1v) is 11.0. The van der Waals surface area contributed by atoms with E-state index in [1.165, 1.54) is 21.6 Å². The number of rotatable bonds is 9. The van der Waals surface area contributed by atoms with Gasteiger partial charge in [0.05, 0.1) is 18.8 Å². The van der Waals surface area contributed by atoms with Gasteiger partial charge in [-0.2, -0.15) is 0 Å². The van der Waals surface area contributed by atoms with E-state index in [4.69, 9.17) is 9.47 Å². The molecule has 0 spiro atoms. The maximum absolute atomic E-state index is 12.2. The van der Waals surface area contributed by atoms with Gasteiger partial charge in [-0.15, -0.1) is 0 Å². The lowest BCUT2D eigenvalue weighted by Gasteiger charge is -2.23. The van der Waals surface area contributed by atoms with Crippen molar-refractivity contribution in [2.45, 2.75) is 32.7 Å². The van der Waals surface area contributed by atoms with Gasteiger partial charge in [0.25, 0.3) is 5.91 Å². The zero-order valence-electron chi connectivity index (χ0n) is 18.5. The molecule has 0 radical (unpaired) electrons. The van der Waals surface area contributed by atoms with Crippen molar-refractivity contribution in [3.63, 3.8) is 0 Å². The molecule has 0 unspecified atom stereocenters. The van der Waals surface area contributed by atoms with Crippen LogP contribution in [0.5, 0.6) is 0 Å². The number of esters is 1. The number of amides is 1. The number of ether oxygens (including phenoxy) is 2. The SMILES string of the molecule is CC(C)c1ccc(CCNC(=O)COC(=O)c2ccc(C[NH+]3CCOCC3)cc2)cc1. The molecule has 1 saturated heterocycles. The van der Waals surface area contributed by atoms with Gasteiger partial charge in [0.1, 0.15) is 19.6 Å². The van der Waals surface area contributed by atoms with Crippen LogP contribution in [0.1, 0.15) is 46.8 Å². The topological polar surface area (TPSA) is 69.1 Å². The molecule has 0 aromatic heterocycles. The summed E-state index contributed by atoms with van der Waals surface area (Å²) in [6.45, 7) is 9.08. The molecular formula is C25H33N2O4+. The number of morpholine rings is 1. The molecule has 2 aromatic carbocycles. The number of hydrogen-bond acceptors (Lipinski definition) is 4. The van der Waals surface area contributed by atoms with E-state index >= 15 is 0 Å². The van der Waals surface area contributed by atoms with Gasteiger partial charge in [-0.1, -0.05) is 50.2 Å². The highest BCUT2D eigenvalue weighted by molar-refractivity contribution is 5.91. The summed E-state index contributed by atoms with van der Waals surface area (Å²) in [5, 5.41) is 2.80. The molecule has 3 rings (SSSR count). The summed E-state index contributed by atoms with van der Waals surface area (Å²) in [7, 11) is 0. The van der Waals surface area contributed by atoms with Gasteiger partial charge in [-0.05, 0) is 35.6 Å². The third-order valence-corrected chi connectivity index (χ3v) is 5.56. The van der Waals surface area contributed by atoms with Crippen molar-refractivity contribution in [2.24, 2.45) is 0 Å². The summed E-state index contributed by atoms with van der Waals surface area (Å²) in [5.74, 6) is -0.269. The van der Waals surface area contributed by atoms with Gasteiger partial charge < -0.3 is 19.7 Å². The maximum Gasteiger partial charge on any atom is 0.338 e. The summed E-state index contributed by atoms with van der Waals surface area (Å²) in [6.07, 6.45) is 0.741. The number of nitrogens with one attached hydrogen (secondary N) is 2. The maximum atomic E-state index is 12.2. The molecule has 0 atom stereocenters. The van der Waals surface area contributed by atoms with E-state index in [9.17, 15) is 9.59 Å². The second-order valence-electron chi connectivity index (χ2n) is 8.31. The minimum atomic E-state index is -0.482. The molecular weight excluding hydrogens is 392 g/mol. The van der Waals surface area contributed by atoms with Crippen molar-refractivity contribution in [2.75, 3.05) is 39.5 Å². The molecule has 1 fully saturated rings. The fourth-order valence-corrected chi connectivity index (χ4v) is 3.57. The largest absolute Gasteiger partial charge is 0.452 e. The number of hydrogen-bond donors (Lipinski definition) is 2. The first-order valence-electron chi connectivity index (χ1n) is 11.0. The van der Waals surface area contributed by atoms with E-state index in [-0.39, 0.29) is 12.5 Å². The van der Waals surface area contributed by atoms with Crippen LogP contribution in [0, 0.1) is 0 Å². The second kappa shape index (κ2) is 11.6. The third-order valence-electron chi connectivity index (χ3n) is 5.56. The van der Waals surface area contributed by atoms with Crippen LogP contribution in [0.25, 0.3) is 0 Å². The number of carbonyl (C=O) groups is 2. The van der Waals surface area contributed by atoms with Gasteiger partial charge in [0.15, 0.2) is 6.61 Å². The second-order valence-corrected chi connectivity index (χ2v) is 8.31. The Hall–Kier alpha value is -2.70. The van der Waals surface area contributed by atoms with Crippen molar-refractivity contribution in [1.29, 1.82) is 0 Å². The Morgan fingerprint density at radius 2 is 1.65 bits per heavy atom. The van der Waals surface area contributed by atoms with Crippen LogP contribution in [-0.4, -0.2) is 51.3 Å². The predicted molar refractivity (Wildman–Crippen MR) is 119 cm³/mol. The Morgan fingerprint density at radius 3 is 2.29 bits per heavy atom. The van der Waals surface area contributed by atoms with E-state index in [2.05, 4.69) is 43.4 Å². The van der Waals surface area contributed by atoms with Gasteiger partial charge >= 0.3 is 5.97 Å². The van der Waals surface area contributed by atoms with E-state index in [0.717, 1.165) is 39.3 Å². The standard InChI is InChI=1S/C25H32N2O4/c1-19(2)22-7-3-20(4-8-22)11-12-26-24(28)18-31-25(29)23-9-5-21(6-10-23)17-27-13-15-30-16-14-27/h3-10,19H,11-18H2,1-2H3,(H,26,28)/p+1. The van der Waals surface area contributed by atoms with Crippen molar-refractivity contribution in [1.82, 2.24) is 5.32 Å². The van der Waals surface area contributed by atoms with Crippen LogP contribution in [0.2, 0.25) is 0 Å². The highest BCUT2D eigenvalue weighted by Gasteiger charge is 2.15. The van der Waals surface area contributed by atoms with E-state index in [1.807, 2.05) is 12.1 Å². The van der Waals surface area contributed by atoms with Gasteiger partial charge in [-0.3, -0.25) is 4.79 Å². The molecule has 1 aliphatic rings. The lowest BCUT2D eigenvalue weighted by atomic mass is 10.0. The molecule has 1 heterocycles. The smallest absolute Gasteiger partial charge is 0.338 e. The average Bonchev–Trinajstić information content (AvgIpc) is 2.79. The average molecular weight is 426 g/mol. The van der Waals surface area contributed by atoms with Crippen molar-refractivity contribution in [3.05, 3.63) is 70.8 Å². The van der Waals surface area contributed by atoms with Crippen LogP contribution in [0.4, 0.5) is 0 Å². The van der Waals surface area contributed by atoms with Crippen LogP contribution in [-0.2, 0) is 27.2 Å². The summed E-state index contributed by atoms with van der Waals surface area (Å²) in [4.78, 5) is 25.7. The lowest BCUT2D eigenvalue weighted by molar-refractivity contribution is -0.921. The molecule has 0 saturated carbocycles. The Bertz CT molecular complexity index is 841. The van der Waals surface area contributed by atoms with E-state index in [1.54, 1.807) is 12.1 Å². The number of carbonyl (C=O) groups excluding carboxylic acids is 2. The first kappa shape index (κ1) is 23.0. The molecule has 1 amide bonds. The molecule has 166 valence electrons. The Morgan fingerprint density at radius 1 is 1.00 bits per heavy atom. The van der Waals surface area contributed by atoms with Gasteiger partial charge in [0.2, 0.25) is 0 Å². The highest BCUT2D eigenvalue weighted by Crippen LogP contribution is 2.14. The van der Waals surface area contributed by atoms with Crippen LogP contribution >= 0.6 is 0 Å². The molecule has 2 aromatic rings. The Kier molecular flexibility index (Phi) is 8.62. The Labute approximate surface area is 184 Å². The number of quaternary nitrogens is 1. The van der Waals surface area contributed by atoms with E-state index in [0.29, 0.717) is 18.0 Å². The summed E-state index contributed by atoms with van der Waals surface area (Å²) in [5.41, 5.74) is 4.10. The van der Waals surface area contributed by atoms with Gasteiger partial charge in [0, 0.05) is 12.1 Å². The van der Waals surface area contributed by atoms with Crippen LogP contribution in [0.15, 0.2) is 48.5 Å². The predicted octanol–water partition coefficient (Wildman–Crippen LogP) is 1.74. The summed E-state index contributed by atoms with van der Waals surface area (Å²) >= 11 is 0. The first-order chi connectivity index (χ1) is 15.0. The molecule has 2 N–H and O–H groups in total. The quantitative estimate of drug-likeness (QED) is 0.601. The fraction of sp³-hybridized carbons (Fsp3) is 0.440. The zero-order valence-corrected chi connectivity index (χ0v) is 18.5. The summed E-state index contributed by atoms with van der Waals surface area (Å²) in [6, 6.07) is 15.8.